The fraction of sp³-hybridized carbons (Fsp3) is 0.480. The molecule has 5 rings (SSSR count). The predicted octanol–water partition coefficient (Wildman–Crippen LogP) is 5.58. The van der Waals surface area contributed by atoms with Crippen LogP contribution in [0.5, 0.6) is 0 Å². The van der Waals surface area contributed by atoms with E-state index < -0.39 is 11.6 Å². The van der Waals surface area contributed by atoms with E-state index in [-0.39, 0.29) is 29.5 Å². The quantitative estimate of drug-likeness (QED) is 0.657. The topological polar surface area (TPSA) is 29.5 Å². The Bertz CT molecular complexity index is 875. The second-order valence-electron chi connectivity index (χ2n) is 8.79. The van der Waals surface area contributed by atoms with Crippen molar-refractivity contribution in [1.29, 1.82) is 0 Å². The lowest BCUT2D eigenvalue weighted by Crippen LogP contribution is -2.48. The van der Waals surface area contributed by atoms with Crippen molar-refractivity contribution >= 4 is 5.91 Å². The Morgan fingerprint density at radius 3 is 2.27 bits per heavy atom. The number of rotatable bonds is 3. The molecule has 3 aliphatic rings. The third-order valence-corrected chi connectivity index (χ3v) is 6.67. The molecule has 30 heavy (non-hydrogen) atoms. The van der Waals surface area contributed by atoms with Crippen LogP contribution in [-0.4, -0.2) is 29.6 Å². The lowest BCUT2D eigenvalue weighted by molar-refractivity contribution is -0.152. The van der Waals surface area contributed by atoms with Crippen LogP contribution in [-0.2, 0) is 9.53 Å². The summed E-state index contributed by atoms with van der Waals surface area (Å²) in [6.45, 7) is 4.72. The monoisotopic (exact) mass is 413 g/mol. The Morgan fingerprint density at radius 1 is 1.03 bits per heavy atom. The van der Waals surface area contributed by atoms with E-state index in [1.807, 2.05) is 30.0 Å². The number of fused-ring (bicyclic) bond motifs is 1. The van der Waals surface area contributed by atoms with Crippen LogP contribution in [0.2, 0.25) is 0 Å². The maximum absolute atomic E-state index is 13.5. The van der Waals surface area contributed by atoms with Crippen LogP contribution in [0, 0.1) is 24.0 Å². The second-order valence-corrected chi connectivity index (χ2v) is 8.79. The number of hydrogen-bond donors (Lipinski definition) is 0. The van der Waals surface area contributed by atoms with Gasteiger partial charge in [-0.25, -0.2) is 8.78 Å². The zero-order valence-corrected chi connectivity index (χ0v) is 17.6. The standard InChI is InChI=1S/C18H21F2NO2.C7H8/c1-2-23-15-9-18(10-15)8-14-3-4-16(21(14)17(18)22)11-5-12(19)7-13(20)6-11;1-7-5-3-2-4-6-7/h5-7,14-16H,2-4,8-10H2,1H3;2-6H,1H3. The first-order chi connectivity index (χ1) is 14.4. The molecule has 0 aromatic heterocycles. The number of hydrogen-bond acceptors (Lipinski definition) is 2. The van der Waals surface area contributed by atoms with Gasteiger partial charge >= 0.3 is 0 Å². The molecule has 1 saturated carbocycles. The SMILES string of the molecule is CCOC1CC2(C1)CC1CCC(c3cc(F)cc(F)c3)N1C2=O.Cc1ccccc1. The van der Waals surface area contributed by atoms with E-state index in [0.717, 1.165) is 38.2 Å². The number of aryl methyl sites for hydroxylation is 1. The highest BCUT2D eigenvalue weighted by molar-refractivity contribution is 5.87. The van der Waals surface area contributed by atoms with Gasteiger partial charge in [-0.15, -0.1) is 0 Å². The van der Waals surface area contributed by atoms with Gasteiger partial charge in [-0.1, -0.05) is 35.9 Å². The molecule has 3 nitrogen and oxygen atoms in total. The molecule has 1 aliphatic carbocycles. The minimum absolute atomic E-state index is 0.158. The van der Waals surface area contributed by atoms with Crippen molar-refractivity contribution in [1.82, 2.24) is 4.90 Å². The number of nitrogens with zero attached hydrogens (tertiary/aromatic N) is 1. The van der Waals surface area contributed by atoms with Crippen molar-refractivity contribution in [2.24, 2.45) is 5.41 Å². The van der Waals surface area contributed by atoms with Gasteiger partial charge in [0, 0.05) is 18.7 Å². The van der Waals surface area contributed by atoms with E-state index in [1.54, 1.807) is 0 Å². The molecule has 2 aromatic rings. The zero-order chi connectivity index (χ0) is 21.3. The number of amides is 1. The number of benzene rings is 2. The van der Waals surface area contributed by atoms with E-state index in [1.165, 1.54) is 17.7 Å². The smallest absolute Gasteiger partial charge is 0.229 e. The molecule has 2 aromatic carbocycles. The lowest BCUT2D eigenvalue weighted by Gasteiger charge is -2.43. The summed E-state index contributed by atoms with van der Waals surface area (Å²) in [5, 5.41) is 0. The minimum atomic E-state index is -0.579. The maximum Gasteiger partial charge on any atom is 0.229 e. The Kier molecular flexibility index (Phi) is 5.92. The van der Waals surface area contributed by atoms with Crippen LogP contribution >= 0.6 is 0 Å². The van der Waals surface area contributed by atoms with Crippen molar-refractivity contribution in [3.05, 3.63) is 71.3 Å². The maximum atomic E-state index is 13.5. The van der Waals surface area contributed by atoms with Crippen LogP contribution in [0.25, 0.3) is 0 Å². The molecule has 5 heteroatoms. The summed E-state index contributed by atoms with van der Waals surface area (Å²) < 4.78 is 32.7. The van der Waals surface area contributed by atoms with Gasteiger partial charge in [0.2, 0.25) is 5.91 Å². The van der Waals surface area contributed by atoms with Crippen molar-refractivity contribution in [2.75, 3.05) is 6.61 Å². The largest absolute Gasteiger partial charge is 0.378 e. The minimum Gasteiger partial charge on any atom is -0.378 e. The molecule has 3 fully saturated rings. The first-order valence-corrected chi connectivity index (χ1v) is 10.8. The number of carbonyl (C=O) groups is 1. The summed E-state index contributed by atoms with van der Waals surface area (Å²) in [6.07, 6.45) is 4.33. The first kappa shape index (κ1) is 21.0. The summed E-state index contributed by atoms with van der Waals surface area (Å²) in [6, 6.07) is 13.9. The van der Waals surface area contributed by atoms with Gasteiger partial charge in [0.15, 0.2) is 0 Å². The van der Waals surface area contributed by atoms with E-state index in [9.17, 15) is 13.6 Å². The second kappa shape index (κ2) is 8.46. The van der Waals surface area contributed by atoms with Crippen molar-refractivity contribution in [3.63, 3.8) is 0 Å². The van der Waals surface area contributed by atoms with E-state index in [0.29, 0.717) is 12.2 Å². The fourth-order valence-corrected chi connectivity index (χ4v) is 5.34. The van der Waals surface area contributed by atoms with E-state index in [2.05, 4.69) is 19.1 Å². The predicted molar refractivity (Wildman–Crippen MR) is 112 cm³/mol. The third kappa shape index (κ3) is 4.00. The summed E-state index contributed by atoms with van der Waals surface area (Å²) in [4.78, 5) is 14.9. The molecule has 160 valence electrons. The van der Waals surface area contributed by atoms with Gasteiger partial charge in [-0.3, -0.25) is 4.79 Å². The summed E-state index contributed by atoms with van der Waals surface area (Å²) in [5.74, 6) is -1.000. The summed E-state index contributed by atoms with van der Waals surface area (Å²) in [5.41, 5.74) is 1.62. The molecule has 1 spiro atoms. The van der Waals surface area contributed by atoms with Crippen LogP contribution < -0.4 is 0 Å². The van der Waals surface area contributed by atoms with Gasteiger partial charge in [-0.2, -0.15) is 0 Å². The van der Waals surface area contributed by atoms with Crippen LogP contribution in [0.3, 0.4) is 0 Å². The molecule has 0 bridgehead atoms. The summed E-state index contributed by atoms with van der Waals surface area (Å²) in [7, 11) is 0. The normalized spacial score (nSPS) is 29.4. The average molecular weight is 414 g/mol. The highest BCUT2D eigenvalue weighted by Gasteiger charge is 2.61. The molecule has 0 N–H and O–H groups in total. The molecule has 2 heterocycles. The average Bonchev–Trinajstić information content (AvgIpc) is 3.21. The van der Waals surface area contributed by atoms with Gasteiger partial charge in [-0.05, 0) is 63.6 Å². The molecule has 0 radical (unpaired) electrons. The van der Waals surface area contributed by atoms with Crippen molar-refractivity contribution in [3.8, 4) is 0 Å². The molecular formula is C25H29F2NO2. The molecule has 2 atom stereocenters. The van der Waals surface area contributed by atoms with Gasteiger partial charge in [0.1, 0.15) is 11.6 Å². The summed E-state index contributed by atoms with van der Waals surface area (Å²) >= 11 is 0. The number of ether oxygens (including phenoxy) is 1. The van der Waals surface area contributed by atoms with Gasteiger partial charge in [0.05, 0.1) is 17.6 Å². The fourth-order valence-electron chi connectivity index (χ4n) is 5.34. The van der Waals surface area contributed by atoms with Crippen molar-refractivity contribution < 1.29 is 18.3 Å². The Morgan fingerprint density at radius 2 is 1.70 bits per heavy atom. The Hall–Kier alpha value is -2.27. The Labute approximate surface area is 177 Å². The first-order valence-electron chi connectivity index (χ1n) is 10.8. The molecule has 2 unspecified atom stereocenters. The lowest BCUT2D eigenvalue weighted by atomic mass is 9.64. The molecular weight excluding hydrogens is 384 g/mol. The van der Waals surface area contributed by atoms with E-state index >= 15 is 0 Å². The molecule has 2 aliphatic heterocycles. The number of carbonyl (C=O) groups excluding carboxylic acids is 1. The molecule has 1 amide bonds. The van der Waals surface area contributed by atoms with Crippen molar-refractivity contribution in [2.45, 2.75) is 64.1 Å². The van der Waals surface area contributed by atoms with Crippen LogP contribution in [0.15, 0.2) is 48.5 Å². The molecule has 2 saturated heterocycles. The van der Waals surface area contributed by atoms with Crippen LogP contribution in [0.1, 0.15) is 56.2 Å². The zero-order valence-electron chi connectivity index (χ0n) is 17.6. The van der Waals surface area contributed by atoms with E-state index in [4.69, 9.17) is 4.74 Å². The highest BCUT2D eigenvalue weighted by atomic mass is 19.1. The number of halogens is 2. The third-order valence-electron chi connectivity index (χ3n) is 6.67. The highest BCUT2D eigenvalue weighted by Crippen LogP contribution is 2.57. The van der Waals surface area contributed by atoms with Gasteiger partial charge in [0.25, 0.3) is 0 Å². The Balaban J connectivity index is 0.000000265. The van der Waals surface area contributed by atoms with Crippen LogP contribution in [0.4, 0.5) is 8.78 Å². The van der Waals surface area contributed by atoms with Gasteiger partial charge < -0.3 is 9.64 Å².